The summed E-state index contributed by atoms with van der Waals surface area (Å²) < 4.78 is 0. The van der Waals surface area contributed by atoms with Gasteiger partial charge >= 0.3 is 0 Å². The van der Waals surface area contributed by atoms with E-state index in [0.29, 0.717) is 19.4 Å². The van der Waals surface area contributed by atoms with Crippen LogP contribution in [0.1, 0.15) is 25.7 Å². The van der Waals surface area contributed by atoms with E-state index in [-0.39, 0.29) is 30.4 Å². The van der Waals surface area contributed by atoms with Gasteiger partial charge in [-0.25, -0.2) is 0 Å². The number of amides is 2. The summed E-state index contributed by atoms with van der Waals surface area (Å²) in [6, 6.07) is -0.329. The fourth-order valence-corrected chi connectivity index (χ4v) is 2.43. The largest absolute Gasteiger partial charge is 0.396 e. The highest BCUT2D eigenvalue weighted by Gasteiger charge is 2.32. The Morgan fingerprint density at radius 1 is 1.50 bits per heavy atom. The molecule has 5 heteroatoms. The van der Waals surface area contributed by atoms with Gasteiger partial charge in [0.25, 0.3) is 0 Å². The quantitative estimate of drug-likeness (QED) is 0.666. The van der Waals surface area contributed by atoms with Crippen LogP contribution in [0, 0.1) is 5.92 Å². The van der Waals surface area contributed by atoms with Crippen LogP contribution in [-0.4, -0.2) is 47.6 Å². The van der Waals surface area contributed by atoms with E-state index >= 15 is 0 Å². The number of carbonyl (C=O) groups excluding carboxylic acids is 2. The van der Waals surface area contributed by atoms with Crippen LogP contribution in [0.2, 0.25) is 0 Å². The molecule has 2 fully saturated rings. The highest BCUT2D eigenvalue weighted by molar-refractivity contribution is 5.90. The Morgan fingerprint density at radius 2 is 2.31 bits per heavy atom. The molecule has 0 spiro atoms. The minimum Gasteiger partial charge on any atom is -0.396 e. The van der Waals surface area contributed by atoms with Gasteiger partial charge in [0.05, 0.1) is 0 Å². The van der Waals surface area contributed by atoms with Gasteiger partial charge in [-0.05, 0) is 25.2 Å². The minimum atomic E-state index is -0.329. The lowest BCUT2D eigenvalue weighted by Crippen LogP contribution is -2.48. The first-order valence-corrected chi connectivity index (χ1v) is 5.89. The molecule has 2 saturated heterocycles. The Bertz CT molecular complexity index is 293. The summed E-state index contributed by atoms with van der Waals surface area (Å²) in [5, 5.41) is 11.8. The lowest BCUT2D eigenvalue weighted by atomic mass is 9.98. The number of likely N-dealkylation sites (tertiary alicyclic amines) is 1. The van der Waals surface area contributed by atoms with E-state index in [1.165, 1.54) is 0 Å². The Hall–Kier alpha value is -1.10. The maximum atomic E-state index is 12.0. The van der Waals surface area contributed by atoms with Crippen molar-refractivity contribution in [1.29, 1.82) is 0 Å². The van der Waals surface area contributed by atoms with E-state index < -0.39 is 0 Å². The molecule has 5 nitrogen and oxygen atoms in total. The second kappa shape index (κ2) is 4.82. The van der Waals surface area contributed by atoms with Gasteiger partial charge in [0.15, 0.2) is 0 Å². The predicted molar refractivity (Wildman–Crippen MR) is 57.6 cm³/mol. The summed E-state index contributed by atoms with van der Waals surface area (Å²) in [6.07, 6.45) is 2.99. The van der Waals surface area contributed by atoms with Crippen molar-refractivity contribution in [3.05, 3.63) is 0 Å². The van der Waals surface area contributed by atoms with Crippen molar-refractivity contribution in [2.45, 2.75) is 31.7 Å². The summed E-state index contributed by atoms with van der Waals surface area (Å²) in [5.41, 5.74) is 0. The summed E-state index contributed by atoms with van der Waals surface area (Å²) in [5.74, 6) is 0.188. The van der Waals surface area contributed by atoms with Crippen LogP contribution >= 0.6 is 0 Å². The van der Waals surface area contributed by atoms with Crippen LogP contribution in [0.3, 0.4) is 0 Å². The van der Waals surface area contributed by atoms with Crippen LogP contribution < -0.4 is 5.32 Å². The average Bonchev–Trinajstić information content (AvgIpc) is 2.75. The van der Waals surface area contributed by atoms with Gasteiger partial charge in [0.1, 0.15) is 6.04 Å². The molecule has 0 aliphatic carbocycles. The van der Waals surface area contributed by atoms with Crippen molar-refractivity contribution in [3.8, 4) is 0 Å². The zero-order chi connectivity index (χ0) is 11.5. The van der Waals surface area contributed by atoms with E-state index in [4.69, 9.17) is 5.11 Å². The second-order valence-electron chi connectivity index (χ2n) is 4.63. The molecule has 2 atom stereocenters. The van der Waals surface area contributed by atoms with E-state index in [1.807, 2.05) is 0 Å². The van der Waals surface area contributed by atoms with Crippen molar-refractivity contribution >= 4 is 11.8 Å². The highest BCUT2D eigenvalue weighted by atomic mass is 16.3. The summed E-state index contributed by atoms with van der Waals surface area (Å²) in [4.78, 5) is 24.9. The zero-order valence-electron chi connectivity index (χ0n) is 9.32. The highest BCUT2D eigenvalue weighted by Crippen LogP contribution is 2.18. The van der Waals surface area contributed by atoms with Crippen molar-refractivity contribution in [2.24, 2.45) is 5.92 Å². The van der Waals surface area contributed by atoms with Gasteiger partial charge in [-0.15, -0.1) is 0 Å². The Balaban J connectivity index is 1.91. The number of hydrogen-bond donors (Lipinski definition) is 2. The lowest BCUT2D eigenvalue weighted by Gasteiger charge is -2.33. The van der Waals surface area contributed by atoms with Crippen molar-refractivity contribution in [1.82, 2.24) is 10.2 Å². The topological polar surface area (TPSA) is 69.6 Å². The lowest BCUT2D eigenvalue weighted by molar-refractivity contribution is -0.136. The van der Waals surface area contributed by atoms with Gasteiger partial charge in [-0.3, -0.25) is 9.59 Å². The minimum absolute atomic E-state index is 0.0176. The monoisotopic (exact) mass is 226 g/mol. The van der Waals surface area contributed by atoms with Gasteiger partial charge < -0.3 is 15.3 Å². The third-order valence-electron chi connectivity index (χ3n) is 3.38. The first-order chi connectivity index (χ1) is 7.70. The normalized spacial score (nSPS) is 30.3. The van der Waals surface area contributed by atoms with Crippen LogP contribution in [0.4, 0.5) is 0 Å². The summed E-state index contributed by atoms with van der Waals surface area (Å²) >= 11 is 0. The number of hydrogen-bond acceptors (Lipinski definition) is 3. The molecule has 1 unspecified atom stereocenters. The molecule has 0 bridgehead atoms. The number of aliphatic hydroxyl groups is 1. The van der Waals surface area contributed by atoms with E-state index in [0.717, 1.165) is 19.4 Å². The molecule has 2 amide bonds. The summed E-state index contributed by atoms with van der Waals surface area (Å²) in [6.45, 7) is 1.52. The number of carbonyl (C=O) groups is 2. The first kappa shape index (κ1) is 11.4. The molecule has 0 saturated carbocycles. The molecular formula is C11H18N2O3. The van der Waals surface area contributed by atoms with Gasteiger partial charge in [0.2, 0.25) is 11.8 Å². The van der Waals surface area contributed by atoms with E-state index in [9.17, 15) is 9.59 Å². The number of nitrogens with zero attached hydrogens (tertiary/aromatic N) is 1. The van der Waals surface area contributed by atoms with Gasteiger partial charge in [-0.2, -0.15) is 0 Å². The third kappa shape index (κ3) is 2.35. The maximum absolute atomic E-state index is 12.0. The standard InChI is InChI=1S/C11H18N2O3/c14-7-8-2-1-5-13(6-8)11(16)9-3-4-10(15)12-9/h8-9,14H,1-7H2,(H,12,15)/t8?,9-/m0/s1. The number of nitrogens with one attached hydrogen (secondary N) is 1. The van der Waals surface area contributed by atoms with Crippen molar-refractivity contribution in [2.75, 3.05) is 19.7 Å². The van der Waals surface area contributed by atoms with E-state index in [2.05, 4.69) is 5.32 Å². The fraction of sp³-hybridized carbons (Fsp3) is 0.818. The van der Waals surface area contributed by atoms with Crippen LogP contribution in [-0.2, 0) is 9.59 Å². The molecule has 0 aromatic carbocycles. The number of rotatable bonds is 2. The van der Waals surface area contributed by atoms with E-state index in [1.54, 1.807) is 4.90 Å². The smallest absolute Gasteiger partial charge is 0.245 e. The molecule has 2 aliphatic rings. The Kier molecular flexibility index (Phi) is 3.43. The van der Waals surface area contributed by atoms with Crippen LogP contribution in [0.5, 0.6) is 0 Å². The second-order valence-corrected chi connectivity index (χ2v) is 4.63. The molecule has 16 heavy (non-hydrogen) atoms. The molecule has 2 rings (SSSR count). The number of aliphatic hydroxyl groups excluding tert-OH is 1. The molecule has 0 radical (unpaired) electrons. The van der Waals surface area contributed by atoms with Crippen molar-refractivity contribution in [3.63, 3.8) is 0 Å². The molecule has 2 aliphatic heterocycles. The maximum Gasteiger partial charge on any atom is 0.245 e. The molecule has 2 N–H and O–H groups in total. The van der Waals surface area contributed by atoms with Crippen LogP contribution in [0.25, 0.3) is 0 Å². The molecular weight excluding hydrogens is 208 g/mol. The fourth-order valence-electron chi connectivity index (χ4n) is 2.43. The molecule has 0 aromatic rings. The average molecular weight is 226 g/mol. The van der Waals surface area contributed by atoms with Gasteiger partial charge in [-0.1, -0.05) is 0 Å². The first-order valence-electron chi connectivity index (χ1n) is 5.89. The predicted octanol–water partition coefficient (Wildman–Crippen LogP) is -0.504. The summed E-state index contributed by atoms with van der Waals surface area (Å²) in [7, 11) is 0. The molecule has 0 aromatic heterocycles. The Labute approximate surface area is 94.8 Å². The zero-order valence-corrected chi connectivity index (χ0v) is 9.32. The van der Waals surface area contributed by atoms with Gasteiger partial charge in [0, 0.05) is 26.1 Å². The SMILES string of the molecule is O=C1CC[C@@H](C(=O)N2CCCC(CO)C2)N1. The third-order valence-corrected chi connectivity index (χ3v) is 3.38. The molecule has 90 valence electrons. The molecule has 2 heterocycles. The van der Waals surface area contributed by atoms with Crippen LogP contribution in [0.15, 0.2) is 0 Å². The Morgan fingerprint density at radius 3 is 2.94 bits per heavy atom. The van der Waals surface area contributed by atoms with Crippen molar-refractivity contribution < 1.29 is 14.7 Å². The number of piperidine rings is 1.